The van der Waals surface area contributed by atoms with Gasteiger partial charge in [0.25, 0.3) is 0 Å². The average Bonchev–Trinajstić information content (AvgIpc) is 2.51. The SMILES string of the molecule is CC1(C)CCC(O)C(C)(C)N1CCO.OCCN1CCCCC1. The second-order valence-corrected chi connectivity index (χ2v) is 8.02. The number of aliphatic hydroxyl groups excluding tert-OH is 3. The van der Waals surface area contributed by atoms with Crippen molar-refractivity contribution in [3.05, 3.63) is 0 Å². The largest absolute Gasteiger partial charge is 0.395 e. The van der Waals surface area contributed by atoms with Gasteiger partial charge in [-0.3, -0.25) is 4.90 Å². The van der Waals surface area contributed by atoms with Gasteiger partial charge < -0.3 is 20.2 Å². The second kappa shape index (κ2) is 9.33. The number of aliphatic hydroxyl groups is 3. The highest BCUT2D eigenvalue weighted by atomic mass is 16.3. The summed E-state index contributed by atoms with van der Waals surface area (Å²) in [6, 6.07) is 0. The topological polar surface area (TPSA) is 67.2 Å². The molecule has 138 valence electrons. The number of hydrogen-bond donors (Lipinski definition) is 3. The smallest absolute Gasteiger partial charge is 0.0719 e. The predicted molar refractivity (Wildman–Crippen MR) is 94.6 cm³/mol. The van der Waals surface area contributed by atoms with Gasteiger partial charge in [0.15, 0.2) is 0 Å². The van der Waals surface area contributed by atoms with Crippen LogP contribution >= 0.6 is 0 Å². The zero-order valence-corrected chi connectivity index (χ0v) is 15.6. The van der Waals surface area contributed by atoms with Crippen molar-refractivity contribution in [2.75, 3.05) is 39.4 Å². The number of hydrogen-bond acceptors (Lipinski definition) is 5. The van der Waals surface area contributed by atoms with Gasteiger partial charge in [0.2, 0.25) is 0 Å². The molecule has 2 fully saturated rings. The zero-order chi connectivity index (χ0) is 17.5. The highest BCUT2D eigenvalue weighted by molar-refractivity contribution is 5.01. The van der Waals surface area contributed by atoms with Crippen molar-refractivity contribution in [2.45, 2.75) is 77.0 Å². The molecule has 5 heteroatoms. The van der Waals surface area contributed by atoms with Crippen molar-refractivity contribution >= 4 is 0 Å². The molecule has 0 aromatic carbocycles. The third-order valence-electron chi connectivity index (χ3n) is 5.46. The Labute approximate surface area is 142 Å². The van der Waals surface area contributed by atoms with E-state index in [0.29, 0.717) is 13.2 Å². The van der Waals surface area contributed by atoms with Crippen LogP contribution in [0.2, 0.25) is 0 Å². The molecule has 0 amide bonds. The molecule has 0 aromatic rings. The fraction of sp³-hybridized carbons (Fsp3) is 1.00. The molecular formula is C18H38N2O3. The number of nitrogens with zero attached hydrogens (tertiary/aromatic N) is 2. The maximum Gasteiger partial charge on any atom is 0.0719 e. The van der Waals surface area contributed by atoms with E-state index >= 15 is 0 Å². The second-order valence-electron chi connectivity index (χ2n) is 8.02. The lowest BCUT2D eigenvalue weighted by molar-refractivity contribution is -0.109. The Morgan fingerprint density at radius 3 is 2.00 bits per heavy atom. The van der Waals surface area contributed by atoms with Gasteiger partial charge in [-0.25, -0.2) is 0 Å². The van der Waals surface area contributed by atoms with E-state index in [9.17, 15) is 5.11 Å². The van der Waals surface area contributed by atoms with E-state index in [2.05, 4.69) is 23.6 Å². The molecule has 1 atom stereocenters. The van der Waals surface area contributed by atoms with Crippen LogP contribution in [0.4, 0.5) is 0 Å². The predicted octanol–water partition coefficient (Wildman–Crippen LogP) is 1.46. The summed E-state index contributed by atoms with van der Waals surface area (Å²) in [4.78, 5) is 4.54. The van der Waals surface area contributed by atoms with Crippen molar-refractivity contribution in [3.63, 3.8) is 0 Å². The Morgan fingerprint density at radius 2 is 1.48 bits per heavy atom. The maximum absolute atomic E-state index is 9.94. The fourth-order valence-corrected chi connectivity index (χ4v) is 3.95. The third-order valence-corrected chi connectivity index (χ3v) is 5.46. The van der Waals surface area contributed by atoms with Gasteiger partial charge >= 0.3 is 0 Å². The van der Waals surface area contributed by atoms with E-state index in [-0.39, 0.29) is 23.8 Å². The summed E-state index contributed by atoms with van der Waals surface area (Å²) >= 11 is 0. The fourth-order valence-electron chi connectivity index (χ4n) is 3.95. The standard InChI is InChI=1S/C11H23NO2.C7H15NO/c1-10(2)6-5-9(14)11(3,4)12(10)7-8-13;9-7-6-8-4-2-1-3-5-8/h9,13-14H,5-8H2,1-4H3;9H,1-7H2. The first-order valence-corrected chi connectivity index (χ1v) is 9.15. The Balaban J connectivity index is 0.000000253. The Hall–Kier alpha value is -0.200. The number of β-amino-alcohol motifs (C(OH)–C–C–N with tert-alkyl or cyclic N) is 2. The molecule has 5 nitrogen and oxygen atoms in total. The molecular weight excluding hydrogens is 292 g/mol. The van der Waals surface area contributed by atoms with Gasteiger partial charge in [-0.2, -0.15) is 0 Å². The molecule has 2 aliphatic heterocycles. The molecule has 3 N–H and O–H groups in total. The van der Waals surface area contributed by atoms with Gasteiger partial charge in [-0.15, -0.1) is 0 Å². The molecule has 0 radical (unpaired) electrons. The average molecular weight is 331 g/mol. The number of rotatable bonds is 4. The molecule has 0 aliphatic carbocycles. The van der Waals surface area contributed by atoms with E-state index in [1.807, 2.05) is 13.8 Å². The summed E-state index contributed by atoms with van der Waals surface area (Å²) in [7, 11) is 0. The van der Waals surface area contributed by atoms with Crippen molar-refractivity contribution in [3.8, 4) is 0 Å². The van der Waals surface area contributed by atoms with Crippen molar-refractivity contribution in [1.29, 1.82) is 0 Å². The molecule has 1 unspecified atom stereocenters. The van der Waals surface area contributed by atoms with Crippen molar-refractivity contribution in [2.24, 2.45) is 0 Å². The minimum absolute atomic E-state index is 0.0749. The van der Waals surface area contributed by atoms with Gasteiger partial charge in [0.05, 0.1) is 19.3 Å². The van der Waals surface area contributed by atoms with Crippen LogP contribution in [0.25, 0.3) is 0 Å². The summed E-state index contributed by atoms with van der Waals surface area (Å²) in [5.41, 5.74) is -0.157. The highest BCUT2D eigenvalue weighted by Gasteiger charge is 2.45. The lowest BCUT2D eigenvalue weighted by Crippen LogP contribution is -2.65. The first-order valence-electron chi connectivity index (χ1n) is 9.15. The molecule has 2 heterocycles. The molecule has 2 rings (SSSR count). The number of likely N-dealkylation sites (tertiary alicyclic amines) is 2. The van der Waals surface area contributed by atoms with Crippen LogP contribution in [-0.2, 0) is 0 Å². The first kappa shape index (κ1) is 20.8. The van der Waals surface area contributed by atoms with Crippen molar-refractivity contribution < 1.29 is 15.3 Å². The molecule has 23 heavy (non-hydrogen) atoms. The molecule has 0 aromatic heterocycles. The van der Waals surface area contributed by atoms with Crippen LogP contribution < -0.4 is 0 Å². The van der Waals surface area contributed by atoms with Gasteiger partial charge in [0.1, 0.15) is 0 Å². The Morgan fingerprint density at radius 1 is 0.913 bits per heavy atom. The lowest BCUT2D eigenvalue weighted by Gasteiger charge is -2.55. The lowest BCUT2D eigenvalue weighted by atomic mass is 9.78. The van der Waals surface area contributed by atoms with Crippen LogP contribution in [0.3, 0.4) is 0 Å². The summed E-state index contributed by atoms with van der Waals surface area (Å²) in [6.45, 7) is 12.8. The molecule has 2 aliphatic rings. The quantitative estimate of drug-likeness (QED) is 0.728. The van der Waals surface area contributed by atoms with Crippen LogP contribution in [0.15, 0.2) is 0 Å². The van der Waals surface area contributed by atoms with Gasteiger partial charge in [-0.1, -0.05) is 6.42 Å². The minimum Gasteiger partial charge on any atom is -0.395 e. The van der Waals surface area contributed by atoms with Crippen molar-refractivity contribution in [1.82, 2.24) is 9.80 Å². The third kappa shape index (κ3) is 5.98. The van der Waals surface area contributed by atoms with E-state index in [4.69, 9.17) is 10.2 Å². The minimum atomic E-state index is -0.290. The van der Waals surface area contributed by atoms with E-state index < -0.39 is 0 Å². The van der Waals surface area contributed by atoms with Gasteiger partial charge in [-0.05, 0) is 66.5 Å². The zero-order valence-electron chi connectivity index (χ0n) is 15.6. The highest BCUT2D eigenvalue weighted by Crippen LogP contribution is 2.37. The molecule has 0 spiro atoms. The van der Waals surface area contributed by atoms with Crippen LogP contribution in [0, 0.1) is 0 Å². The Kier molecular flexibility index (Phi) is 8.45. The summed E-state index contributed by atoms with van der Waals surface area (Å²) in [5, 5.41) is 27.6. The summed E-state index contributed by atoms with van der Waals surface area (Å²) < 4.78 is 0. The molecule has 2 saturated heterocycles. The molecule has 0 bridgehead atoms. The van der Waals surface area contributed by atoms with Crippen LogP contribution in [0.5, 0.6) is 0 Å². The maximum atomic E-state index is 9.94. The monoisotopic (exact) mass is 330 g/mol. The summed E-state index contributed by atoms with van der Waals surface area (Å²) in [5.74, 6) is 0. The van der Waals surface area contributed by atoms with E-state index in [0.717, 1.165) is 19.4 Å². The first-order chi connectivity index (χ1) is 10.8. The Bertz CT molecular complexity index is 325. The number of piperidine rings is 2. The van der Waals surface area contributed by atoms with Gasteiger partial charge in [0, 0.05) is 24.2 Å². The van der Waals surface area contributed by atoms with Crippen LogP contribution in [-0.4, -0.2) is 81.7 Å². The molecule has 0 saturated carbocycles. The van der Waals surface area contributed by atoms with Crippen LogP contribution in [0.1, 0.15) is 59.8 Å². The van der Waals surface area contributed by atoms with E-state index in [1.165, 1.54) is 32.4 Å². The summed E-state index contributed by atoms with van der Waals surface area (Å²) in [6.07, 6.45) is 5.56. The normalized spacial score (nSPS) is 28.0. The van der Waals surface area contributed by atoms with E-state index in [1.54, 1.807) is 0 Å².